The van der Waals surface area contributed by atoms with Crippen LogP contribution in [-0.4, -0.2) is 29.7 Å². The Morgan fingerprint density at radius 1 is 0.815 bits per heavy atom. The van der Waals surface area contributed by atoms with Crippen LogP contribution in [-0.2, 0) is 17.9 Å². The van der Waals surface area contributed by atoms with Crippen molar-refractivity contribution in [3.8, 4) is 0 Å². The lowest BCUT2D eigenvalue weighted by atomic mass is 10.1. The van der Waals surface area contributed by atoms with E-state index in [2.05, 4.69) is 34.5 Å². The third-order valence-electron chi connectivity index (χ3n) is 5.04. The molecule has 0 radical (unpaired) electrons. The fraction of sp³-hybridized carbons (Fsp3) is 0.391. The van der Waals surface area contributed by atoms with E-state index in [4.69, 9.17) is 0 Å². The molecule has 3 rings (SSSR count). The maximum absolute atomic E-state index is 12.0. The smallest absolute Gasteiger partial charge is 0.220 e. The minimum absolute atomic E-state index is 0.00724. The fourth-order valence-electron chi connectivity index (χ4n) is 3.42. The van der Waals surface area contributed by atoms with Crippen molar-refractivity contribution in [3.63, 3.8) is 0 Å². The summed E-state index contributed by atoms with van der Waals surface area (Å²) in [6.45, 7) is 3.90. The van der Waals surface area contributed by atoms with Crippen LogP contribution >= 0.6 is 0 Å². The molecular formula is C23H28N2O2. The molecule has 1 fully saturated rings. The molecule has 0 unspecified atom stereocenters. The lowest BCUT2D eigenvalue weighted by Crippen LogP contribution is -2.29. The van der Waals surface area contributed by atoms with Crippen LogP contribution in [0.1, 0.15) is 53.6 Å². The minimum Gasteiger partial charge on any atom is -0.352 e. The van der Waals surface area contributed by atoms with E-state index in [0.717, 1.165) is 12.1 Å². The van der Waals surface area contributed by atoms with Gasteiger partial charge < -0.3 is 5.32 Å². The lowest BCUT2D eigenvalue weighted by Gasteiger charge is -2.26. The third kappa shape index (κ3) is 6.33. The van der Waals surface area contributed by atoms with E-state index >= 15 is 0 Å². The quantitative estimate of drug-likeness (QED) is 0.722. The molecule has 0 atom stereocenters. The maximum atomic E-state index is 12.0. The van der Waals surface area contributed by atoms with E-state index in [1.165, 1.54) is 37.9 Å². The lowest BCUT2D eigenvalue weighted by molar-refractivity contribution is -0.121. The third-order valence-corrected chi connectivity index (χ3v) is 5.04. The molecule has 0 bridgehead atoms. The highest BCUT2D eigenvalue weighted by molar-refractivity contribution is 5.97. The van der Waals surface area contributed by atoms with Gasteiger partial charge in [-0.05, 0) is 37.1 Å². The Hall–Kier alpha value is -2.46. The average molecular weight is 364 g/mol. The van der Waals surface area contributed by atoms with Gasteiger partial charge in [0.15, 0.2) is 5.78 Å². The predicted molar refractivity (Wildman–Crippen MR) is 107 cm³/mol. The number of piperidine rings is 1. The number of nitrogens with one attached hydrogen (secondary N) is 1. The zero-order valence-electron chi connectivity index (χ0n) is 15.8. The van der Waals surface area contributed by atoms with E-state index in [1.54, 1.807) is 12.1 Å². The highest BCUT2D eigenvalue weighted by atomic mass is 16.2. The second kappa shape index (κ2) is 10.0. The van der Waals surface area contributed by atoms with Gasteiger partial charge in [-0.15, -0.1) is 0 Å². The summed E-state index contributed by atoms with van der Waals surface area (Å²) < 4.78 is 0. The summed E-state index contributed by atoms with van der Waals surface area (Å²) in [5, 5.41) is 2.91. The molecule has 1 aliphatic rings. The minimum atomic E-state index is -0.0864. The fourth-order valence-corrected chi connectivity index (χ4v) is 3.42. The Labute approximate surface area is 161 Å². The number of hydrogen-bond acceptors (Lipinski definition) is 3. The molecule has 0 saturated carbocycles. The number of nitrogens with zero attached hydrogens (tertiary/aromatic N) is 1. The number of Topliss-reactive ketones (excluding diaryl/α,β-unsaturated/α-hetero) is 1. The molecule has 0 spiro atoms. The number of benzene rings is 2. The average Bonchev–Trinajstić information content (AvgIpc) is 2.73. The Bertz CT molecular complexity index is 735. The first-order valence-electron chi connectivity index (χ1n) is 9.86. The van der Waals surface area contributed by atoms with Crippen LogP contribution in [0.2, 0.25) is 0 Å². The molecule has 27 heavy (non-hydrogen) atoms. The normalized spacial score (nSPS) is 14.7. The summed E-state index contributed by atoms with van der Waals surface area (Å²) >= 11 is 0. The Balaban J connectivity index is 1.39. The number of ketones is 1. The van der Waals surface area contributed by atoms with Crippen molar-refractivity contribution >= 4 is 11.7 Å². The van der Waals surface area contributed by atoms with Gasteiger partial charge in [0.25, 0.3) is 0 Å². The second-order valence-electron chi connectivity index (χ2n) is 7.22. The number of hydrogen-bond donors (Lipinski definition) is 1. The van der Waals surface area contributed by atoms with Crippen LogP contribution in [0.25, 0.3) is 0 Å². The van der Waals surface area contributed by atoms with Crippen LogP contribution in [0.3, 0.4) is 0 Å². The van der Waals surface area contributed by atoms with Gasteiger partial charge in [-0.2, -0.15) is 0 Å². The van der Waals surface area contributed by atoms with Crippen LogP contribution in [0.4, 0.5) is 0 Å². The van der Waals surface area contributed by atoms with E-state index in [1.807, 2.05) is 18.2 Å². The molecule has 2 aromatic carbocycles. The van der Waals surface area contributed by atoms with Crippen molar-refractivity contribution in [2.45, 2.75) is 45.2 Å². The van der Waals surface area contributed by atoms with Crippen LogP contribution in [0.5, 0.6) is 0 Å². The van der Waals surface area contributed by atoms with Crippen LogP contribution in [0, 0.1) is 0 Å². The largest absolute Gasteiger partial charge is 0.352 e. The first kappa shape index (κ1) is 19.3. The van der Waals surface area contributed by atoms with Crippen molar-refractivity contribution in [1.29, 1.82) is 0 Å². The van der Waals surface area contributed by atoms with Gasteiger partial charge in [0, 0.05) is 31.5 Å². The maximum Gasteiger partial charge on any atom is 0.220 e. The number of carbonyl (C=O) groups is 2. The van der Waals surface area contributed by atoms with Crippen molar-refractivity contribution < 1.29 is 9.59 Å². The number of amides is 1. The highest BCUT2D eigenvalue weighted by Gasteiger charge is 2.11. The molecule has 1 aliphatic heterocycles. The summed E-state index contributed by atoms with van der Waals surface area (Å²) in [6, 6.07) is 17.6. The monoisotopic (exact) mass is 364 g/mol. The number of rotatable bonds is 8. The topological polar surface area (TPSA) is 49.4 Å². The molecule has 1 heterocycles. The Kier molecular flexibility index (Phi) is 7.17. The van der Waals surface area contributed by atoms with Crippen molar-refractivity contribution in [3.05, 3.63) is 71.3 Å². The number of carbonyl (C=O) groups excluding carboxylic acids is 2. The molecule has 1 amide bonds. The van der Waals surface area contributed by atoms with Gasteiger partial charge in [-0.3, -0.25) is 14.5 Å². The Morgan fingerprint density at radius 2 is 1.48 bits per heavy atom. The molecule has 1 saturated heterocycles. The van der Waals surface area contributed by atoms with E-state index in [-0.39, 0.29) is 24.5 Å². The van der Waals surface area contributed by atoms with Crippen molar-refractivity contribution in [1.82, 2.24) is 10.2 Å². The van der Waals surface area contributed by atoms with Gasteiger partial charge in [0.2, 0.25) is 5.91 Å². The molecule has 2 aromatic rings. The summed E-state index contributed by atoms with van der Waals surface area (Å²) in [5.41, 5.74) is 3.06. The first-order chi connectivity index (χ1) is 13.2. The van der Waals surface area contributed by atoms with E-state index in [9.17, 15) is 9.59 Å². The second-order valence-corrected chi connectivity index (χ2v) is 7.22. The molecule has 142 valence electrons. The van der Waals surface area contributed by atoms with Gasteiger partial charge in [-0.25, -0.2) is 0 Å². The SMILES string of the molecule is O=C(CCC(=O)c1ccccc1)NCc1ccc(CN2CCCCC2)cc1. The van der Waals surface area contributed by atoms with Crippen molar-refractivity contribution in [2.75, 3.05) is 13.1 Å². The van der Waals surface area contributed by atoms with Gasteiger partial charge >= 0.3 is 0 Å². The highest BCUT2D eigenvalue weighted by Crippen LogP contribution is 2.13. The Morgan fingerprint density at radius 3 is 2.19 bits per heavy atom. The molecule has 4 heteroatoms. The molecular weight excluding hydrogens is 336 g/mol. The summed E-state index contributed by atoms with van der Waals surface area (Å²) in [4.78, 5) is 26.6. The molecule has 4 nitrogen and oxygen atoms in total. The van der Waals surface area contributed by atoms with Crippen LogP contribution < -0.4 is 5.32 Å². The number of likely N-dealkylation sites (tertiary alicyclic amines) is 1. The van der Waals surface area contributed by atoms with E-state index < -0.39 is 0 Å². The molecule has 0 aromatic heterocycles. The molecule has 0 aliphatic carbocycles. The van der Waals surface area contributed by atoms with Crippen LogP contribution in [0.15, 0.2) is 54.6 Å². The summed E-state index contributed by atoms with van der Waals surface area (Å²) in [6.07, 6.45) is 4.42. The molecule has 1 N–H and O–H groups in total. The standard InChI is InChI=1S/C23H28N2O2/c26-22(21-7-3-1-4-8-21)13-14-23(27)24-17-19-9-11-20(12-10-19)18-25-15-5-2-6-16-25/h1,3-4,7-12H,2,5-6,13-18H2,(H,24,27). The summed E-state index contributed by atoms with van der Waals surface area (Å²) in [5.74, 6) is -0.0792. The zero-order chi connectivity index (χ0) is 18.9. The van der Waals surface area contributed by atoms with Gasteiger partial charge in [0.1, 0.15) is 0 Å². The predicted octanol–water partition coefficient (Wildman–Crippen LogP) is 3.95. The van der Waals surface area contributed by atoms with Gasteiger partial charge in [0.05, 0.1) is 0 Å². The first-order valence-corrected chi connectivity index (χ1v) is 9.86. The van der Waals surface area contributed by atoms with Crippen molar-refractivity contribution in [2.24, 2.45) is 0 Å². The summed E-state index contributed by atoms with van der Waals surface area (Å²) in [7, 11) is 0. The zero-order valence-corrected chi connectivity index (χ0v) is 15.8. The van der Waals surface area contributed by atoms with Gasteiger partial charge in [-0.1, -0.05) is 61.0 Å². The van der Waals surface area contributed by atoms with E-state index in [0.29, 0.717) is 12.1 Å².